The van der Waals surface area contributed by atoms with Crippen LogP contribution in [0.4, 0.5) is 13.2 Å². The lowest BCUT2D eigenvalue weighted by Crippen LogP contribution is -2.39. The van der Waals surface area contributed by atoms with Crippen molar-refractivity contribution in [2.75, 3.05) is 0 Å². The highest BCUT2D eigenvalue weighted by Crippen LogP contribution is 2.24. The quantitative estimate of drug-likeness (QED) is 0.809. The van der Waals surface area contributed by atoms with Crippen LogP contribution >= 0.6 is 0 Å². The molecule has 1 amide bonds. The van der Waals surface area contributed by atoms with Crippen LogP contribution in [-0.4, -0.2) is 22.3 Å². The lowest BCUT2D eigenvalue weighted by molar-refractivity contribution is -0.174. The first-order valence-corrected chi connectivity index (χ1v) is 6.70. The summed E-state index contributed by atoms with van der Waals surface area (Å²) in [5, 5.41) is 20.5. The number of phenolic OH excluding ortho intramolecular Hbond substituents is 2. The highest BCUT2D eigenvalue weighted by atomic mass is 19.4. The fraction of sp³-hybridized carbons (Fsp3) is 0.188. The number of aromatic hydroxyl groups is 2. The Kier molecular flexibility index (Phi) is 4.78. The molecule has 7 heteroatoms. The predicted molar refractivity (Wildman–Crippen MR) is 76.9 cm³/mol. The van der Waals surface area contributed by atoms with Crippen LogP contribution < -0.4 is 5.32 Å². The zero-order chi connectivity index (χ0) is 17.0. The first-order chi connectivity index (χ1) is 10.8. The van der Waals surface area contributed by atoms with Crippen molar-refractivity contribution in [2.45, 2.75) is 18.6 Å². The van der Waals surface area contributed by atoms with Crippen molar-refractivity contribution < 1.29 is 28.2 Å². The molecule has 23 heavy (non-hydrogen) atoms. The molecule has 0 saturated heterocycles. The largest absolute Gasteiger partial charge is 0.508 e. The third-order valence-electron chi connectivity index (χ3n) is 3.23. The van der Waals surface area contributed by atoms with E-state index in [0.29, 0.717) is 11.1 Å². The SMILES string of the molecule is O=C(NC(Cc1ccc(O)cc1)c1ccc(O)cc1)C(F)(F)F. The lowest BCUT2D eigenvalue weighted by atomic mass is 9.98. The van der Waals surface area contributed by atoms with E-state index in [0.717, 1.165) is 0 Å². The Morgan fingerprint density at radius 2 is 1.43 bits per heavy atom. The highest BCUT2D eigenvalue weighted by molar-refractivity contribution is 5.82. The van der Waals surface area contributed by atoms with Gasteiger partial charge >= 0.3 is 12.1 Å². The fourth-order valence-electron chi connectivity index (χ4n) is 2.07. The van der Waals surface area contributed by atoms with E-state index < -0.39 is 18.1 Å². The van der Waals surface area contributed by atoms with Crippen molar-refractivity contribution in [3.63, 3.8) is 0 Å². The molecule has 0 spiro atoms. The maximum atomic E-state index is 12.5. The Morgan fingerprint density at radius 1 is 0.957 bits per heavy atom. The molecule has 0 heterocycles. The highest BCUT2D eigenvalue weighted by Gasteiger charge is 2.39. The molecule has 0 aliphatic carbocycles. The number of nitrogens with one attached hydrogen (secondary N) is 1. The lowest BCUT2D eigenvalue weighted by Gasteiger charge is -2.20. The van der Waals surface area contributed by atoms with Crippen molar-refractivity contribution >= 4 is 5.91 Å². The summed E-state index contributed by atoms with van der Waals surface area (Å²) < 4.78 is 37.5. The molecule has 3 N–H and O–H groups in total. The van der Waals surface area contributed by atoms with E-state index in [1.165, 1.54) is 36.4 Å². The number of alkyl halides is 3. The Labute approximate surface area is 130 Å². The van der Waals surface area contributed by atoms with Gasteiger partial charge in [-0.3, -0.25) is 4.79 Å². The Bertz CT molecular complexity index is 666. The van der Waals surface area contributed by atoms with Gasteiger partial charge < -0.3 is 15.5 Å². The van der Waals surface area contributed by atoms with E-state index in [1.54, 1.807) is 12.1 Å². The van der Waals surface area contributed by atoms with Crippen molar-refractivity contribution in [1.82, 2.24) is 5.32 Å². The summed E-state index contributed by atoms with van der Waals surface area (Å²) in [5.41, 5.74) is 1.07. The number of carbonyl (C=O) groups excluding carboxylic acids is 1. The van der Waals surface area contributed by atoms with Gasteiger partial charge in [0.15, 0.2) is 0 Å². The molecule has 1 unspecified atom stereocenters. The minimum absolute atomic E-state index is 0.0284. The summed E-state index contributed by atoms with van der Waals surface area (Å²) in [7, 11) is 0. The van der Waals surface area contributed by atoms with Crippen LogP contribution in [-0.2, 0) is 11.2 Å². The number of amides is 1. The summed E-state index contributed by atoms with van der Waals surface area (Å²) in [6.07, 6.45) is -4.88. The van der Waals surface area contributed by atoms with Crippen LogP contribution in [0.5, 0.6) is 11.5 Å². The minimum Gasteiger partial charge on any atom is -0.508 e. The molecule has 0 bridgehead atoms. The average molecular weight is 325 g/mol. The van der Waals surface area contributed by atoms with Crippen molar-refractivity contribution in [3.05, 3.63) is 59.7 Å². The second-order valence-corrected chi connectivity index (χ2v) is 4.99. The van der Waals surface area contributed by atoms with Crippen LogP contribution in [0, 0.1) is 0 Å². The molecule has 0 aliphatic heterocycles. The minimum atomic E-state index is -4.98. The molecule has 0 fully saturated rings. The molecule has 0 saturated carbocycles. The number of rotatable bonds is 4. The number of halogens is 3. The maximum Gasteiger partial charge on any atom is 0.471 e. The fourth-order valence-corrected chi connectivity index (χ4v) is 2.07. The van der Waals surface area contributed by atoms with Gasteiger partial charge in [0, 0.05) is 0 Å². The molecule has 1 atom stereocenters. The predicted octanol–water partition coefficient (Wildman–Crippen LogP) is 3.06. The standard InChI is InChI=1S/C16H14F3NO3/c17-16(18,19)15(23)20-14(11-3-7-13(22)8-4-11)9-10-1-5-12(21)6-2-10/h1-8,14,21-22H,9H2,(H,20,23). The van der Waals surface area contributed by atoms with Gasteiger partial charge in [-0.05, 0) is 41.8 Å². The van der Waals surface area contributed by atoms with Gasteiger partial charge in [0.2, 0.25) is 0 Å². The second-order valence-electron chi connectivity index (χ2n) is 4.99. The van der Waals surface area contributed by atoms with Gasteiger partial charge in [-0.1, -0.05) is 24.3 Å². The average Bonchev–Trinajstić information content (AvgIpc) is 2.48. The molecular formula is C16H14F3NO3. The van der Waals surface area contributed by atoms with Gasteiger partial charge in [-0.15, -0.1) is 0 Å². The zero-order valence-electron chi connectivity index (χ0n) is 11.8. The topological polar surface area (TPSA) is 69.6 Å². The first-order valence-electron chi connectivity index (χ1n) is 6.70. The molecule has 0 radical (unpaired) electrons. The van der Waals surface area contributed by atoms with Crippen molar-refractivity contribution in [2.24, 2.45) is 0 Å². The van der Waals surface area contributed by atoms with E-state index in [-0.39, 0.29) is 17.9 Å². The first kappa shape index (κ1) is 16.7. The van der Waals surface area contributed by atoms with Crippen molar-refractivity contribution in [3.8, 4) is 11.5 Å². The number of carbonyl (C=O) groups is 1. The summed E-state index contributed by atoms with van der Waals surface area (Å²) in [6, 6.07) is 10.6. The normalized spacial score (nSPS) is 12.7. The Morgan fingerprint density at radius 3 is 1.91 bits per heavy atom. The smallest absolute Gasteiger partial charge is 0.471 e. The molecule has 0 aromatic heterocycles. The summed E-state index contributed by atoms with van der Waals surface area (Å²) in [5.74, 6) is -2.03. The third-order valence-corrected chi connectivity index (χ3v) is 3.23. The van der Waals surface area contributed by atoms with E-state index in [1.807, 2.05) is 5.32 Å². The zero-order valence-corrected chi connectivity index (χ0v) is 11.8. The van der Waals surface area contributed by atoms with Gasteiger partial charge in [0.05, 0.1) is 6.04 Å². The van der Waals surface area contributed by atoms with E-state index >= 15 is 0 Å². The Balaban J connectivity index is 2.25. The van der Waals surface area contributed by atoms with Gasteiger partial charge in [0.1, 0.15) is 11.5 Å². The maximum absolute atomic E-state index is 12.5. The van der Waals surface area contributed by atoms with Crippen LogP contribution in [0.25, 0.3) is 0 Å². The molecule has 122 valence electrons. The number of hydrogen-bond acceptors (Lipinski definition) is 3. The monoisotopic (exact) mass is 325 g/mol. The molecule has 2 aromatic carbocycles. The molecule has 2 aromatic rings. The molecule has 0 aliphatic rings. The number of phenols is 2. The van der Waals surface area contributed by atoms with E-state index in [2.05, 4.69) is 0 Å². The third kappa shape index (κ3) is 4.64. The van der Waals surface area contributed by atoms with Crippen molar-refractivity contribution in [1.29, 1.82) is 0 Å². The van der Waals surface area contributed by atoms with Crippen LogP contribution in [0.3, 0.4) is 0 Å². The van der Waals surface area contributed by atoms with E-state index in [9.17, 15) is 28.2 Å². The Hall–Kier alpha value is -2.70. The van der Waals surface area contributed by atoms with Crippen LogP contribution in [0.2, 0.25) is 0 Å². The molecular weight excluding hydrogens is 311 g/mol. The summed E-state index contributed by atoms with van der Waals surface area (Å²) in [6.45, 7) is 0. The van der Waals surface area contributed by atoms with Gasteiger partial charge in [-0.2, -0.15) is 13.2 Å². The van der Waals surface area contributed by atoms with Crippen LogP contribution in [0.15, 0.2) is 48.5 Å². The molecule has 4 nitrogen and oxygen atoms in total. The summed E-state index contributed by atoms with van der Waals surface area (Å²) >= 11 is 0. The number of hydrogen-bond donors (Lipinski definition) is 3. The number of benzene rings is 2. The summed E-state index contributed by atoms with van der Waals surface area (Å²) in [4.78, 5) is 11.2. The van der Waals surface area contributed by atoms with Gasteiger partial charge in [0.25, 0.3) is 0 Å². The van der Waals surface area contributed by atoms with E-state index in [4.69, 9.17) is 0 Å². The second kappa shape index (κ2) is 6.60. The van der Waals surface area contributed by atoms with Gasteiger partial charge in [-0.25, -0.2) is 0 Å². The van der Waals surface area contributed by atoms with Crippen LogP contribution in [0.1, 0.15) is 17.2 Å². The molecule has 2 rings (SSSR count).